The molecule has 0 aliphatic rings. The molecule has 0 fully saturated rings. The van der Waals surface area contributed by atoms with E-state index in [-0.39, 0.29) is 17.9 Å². The molecule has 0 amide bonds. The number of hydrogen-bond acceptors (Lipinski definition) is 1. The topological polar surface area (TPSA) is 12.0 Å². The highest BCUT2D eigenvalue weighted by Crippen LogP contribution is 2.16. The molecule has 2 aromatic rings. The second-order valence-electron chi connectivity index (χ2n) is 5.53. The van der Waals surface area contributed by atoms with Crippen LogP contribution < -0.4 is 5.32 Å². The molecule has 1 N–H and O–H groups in total. The molecule has 0 saturated heterocycles. The van der Waals surface area contributed by atoms with Crippen LogP contribution in [0.4, 0.5) is 0 Å². The summed E-state index contributed by atoms with van der Waals surface area (Å²) in [7, 11) is 0. The molecular formula is C17H21Cl2N. The van der Waals surface area contributed by atoms with Crippen LogP contribution in [-0.4, -0.2) is 5.54 Å². The zero-order valence-electron chi connectivity index (χ0n) is 11.9. The summed E-state index contributed by atoms with van der Waals surface area (Å²) in [5, 5.41) is 4.40. The third kappa shape index (κ3) is 5.54. The zero-order valence-corrected chi connectivity index (χ0v) is 13.5. The highest BCUT2D eigenvalue weighted by Gasteiger charge is 2.17. The third-order valence-corrected chi connectivity index (χ3v) is 3.43. The number of rotatable bonds is 5. The summed E-state index contributed by atoms with van der Waals surface area (Å²) in [6, 6.07) is 18.6. The van der Waals surface area contributed by atoms with Crippen LogP contribution >= 0.6 is 24.0 Å². The first-order chi connectivity index (χ1) is 9.05. The van der Waals surface area contributed by atoms with Gasteiger partial charge < -0.3 is 5.32 Å². The average Bonchev–Trinajstić information content (AvgIpc) is 2.40. The number of hydrogen-bond donors (Lipinski definition) is 1. The van der Waals surface area contributed by atoms with Crippen molar-refractivity contribution in [3.8, 4) is 0 Å². The lowest BCUT2D eigenvalue weighted by Crippen LogP contribution is -2.40. The summed E-state index contributed by atoms with van der Waals surface area (Å²) in [5.74, 6) is 0. The van der Waals surface area contributed by atoms with Crippen LogP contribution in [0.1, 0.15) is 25.0 Å². The number of halogens is 2. The molecule has 0 aromatic heterocycles. The molecule has 3 heteroatoms. The van der Waals surface area contributed by atoms with Crippen molar-refractivity contribution in [2.24, 2.45) is 0 Å². The van der Waals surface area contributed by atoms with Crippen LogP contribution in [0, 0.1) is 0 Å². The summed E-state index contributed by atoms with van der Waals surface area (Å²) < 4.78 is 0. The van der Waals surface area contributed by atoms with Crippen LogP contribution in [0.5, 0.6) is 0 Å². The Morgan fingerprint density at radius 1 is 0.900 bits per heavy atom. The molecule has 0 radical (unpaired) electrons. The van der Waals surface area contributed by atoms with E-state index >= 15 is 0 Å². The Balaban J connectivity index is 0.00000200. The smallest absolute Gasteiger partial charge is 0.0406 e. The lowest BCUT2D eigenvalue weighted by atomic mass is 9.94. The van der Waals surface area contributed by atoms with Crippen molar-refractivity contribution in [3.63, 3.8) is 0 Å². The van der Waals surface area contributed by atoms with Crippen molar-refractivity contribution in [2.75, 3.05) is 0 Å². The normalized spacial score (nSPS) is 10.9. The Morgan fingerprint density at radius 3 is 2.10 bits per heavy atom. The minimum atomic E-state index is 0. The van der Waals surface area contributed by atoms with Crippen molar-refractivity contribution in [3.05, 3.63) is 70.7 Å². The van der Waals surface area contributed by atoms with E-state index in [0.717, 1.165) is 18.0 Å². The van der Waals surface area contributed by atoms with E-state index in [1.54, 1.807) is 0 Å². The van der Waals surface area contributed by atoms with Gasteiger partial charge >= 0.3 is 0 Å². The van der Waals surface area contributed by atoms with E-state index in [4.69, 9.17) is 11.6 Å². The largest absolute Gasteiger partial charge is 0.307 e. The van der Waals surface area contributed by atoms with Crippen LogP contribution in [0.15, 0.2) is 54.6 Å². The Bertz CT molecular complexity index is 506. The Labute approximate surface area is 132 Å². The maximum absolute atomic E-state index is 5.91. The molecule has 0 spiro atoms. The minimum Gasteiger partial charge on any atom is -0.307 e. The van der Waals surface area contributed by atoms with Gasteiger partial charge in [0.15, 0.2) is 0 Å². The van der Waals surface area contributed by atoms with Crippen LogP contribution in [0.3, 0.4) is 0 Å². The molecule has 1 nitrogen and oxygen atoms in total. The molecule has 2 aromatic carbocycles. The van der Waals surface area contributed by atoms with Crippen molar-refractivity contribution in [2.45, 2.75) is 32.4 Å². The Morgan fingerprint density at radius 2 is 1.50 bits per heavy atom. The average molecular weight is 310 g/mol. The Hall–Kier alpha value is -1.02. The van der Waals surface area contributed by atoms with Gasteiger partial charge in [-0.3, -0.25) is 0 Å². The van der Waals surface area contributed by atoms with Gasteiger partial charge in [-0.15, -0.1) is 12.4 Å². The fourth-order valence-electron chi connectivity index (χ4n) is 2.11. The van der Waals surface area contributed by atoms with Gasteiger partial charge in [0.2, 0.25) is 0 Å². The first kappa shape index (κ1) is 17.0. The fraction of sp³-hybridized carbons (Fsp3) is 0.294. The second-order valence-corrected chi connectivity index (χ2v) is 5.96. The highest BCUT2D eigenvalue weighted by molar-refractivity contribution is 6.30. The number of nitrogens with one attached hydrogen (secondary N) is 1. The Kier molecular flexibility index (Phi) is 6.54. The molecule has 108 valence electrons. The standard InChI is InChI=1S/C17H20ClN.ClH/c1-17(2,12-14-8-10-16(18)11-9-14)19-13-15-6-4-3-5-7-15;/h3-11,19H,12-13H2,1-2H3;1H. The first-order valence-electron chi connectivity index (χ1n) is 6.59. The SMILES string of the molecule is CC(C)(Cc1ccc(Cl)cc1)NCc1ccccc1.Cl. The van der Waals surface area contributed by atoms with E-state index in [2.05, 4.69) is 55.6 Å². The molecule has 20 heavy (non-hydrogen) atoms. The van der Waals surface area contributed by atoms with Gasteiger partial charge in [-0.05, 0) is 43.5 Å². The maximum atomic E-state index is 5.91. The van der Waals surface area contributed by atoms with Crippen molar-refractivity contribution in [1.29, 1.82) is 0 Å². The van der Waals surface area contributed by atoms with Gasteiger partial charge in [0.1, 0.15) is 0 Å². The van der Waals surface area contributed by atoms with E-state index < -0.39 is 0 Å². The first-order valence-corrected chi connectivity index (χ1v) is 6.96. The monoisotopic (exact) mass is 309 g/mol. The van der Waals surface area contributed by atoms with Gasteiger partial charge in [0, 0.05) is 17.1 Å². The molecule has 0 aliphatic carbocycles. The fourth-order valence-corrected chi connectivity index (χ4v) is 2.24. The van der Waals surface area contributed by atoms with E-state index in [1.807, 2.05) is 18.2 Å². The summed E-state index contributed by atoms with van der Waals surface area (Å²) >= 11 is 5.91. The van der Waals surface area contributed by atoms with Gasteiger partial charge in [0.25, 0.3) is 0 Å². The molecule has 0 atom stereocenters. The van der Waals surface area contributed by atoms with Gasteiger partial charge in [-0.1, -0.05) is 54.1 Å². The molecule has 0 unspecified atom stereocenters. The summed E-state index contributed by atoms with van der Waals surface area (Å²) in [6.07, 6.45) is 0.983. The number of benzene rings is 2. The molecule has 2 rings (SSSR count). The van der Waals surface area contributed by atoms with Gasteiger partial charge in [0.05, 0.1) is 0 Å². The van der Waals surface area contributed by atoms with E-state index in [1.165, 1.54) is 11.1 Å². The molecular weight excluding hydrogens is 289 g/mol. The van der Waals surface area contributed by atoms with Crippen LogP contribution in [-0.2, 0) is 13.0 Å². The predicted molar refractivity (Wildman–Crippen MR) is 89.8 cm³/mol. The van der Waals surface area contributed by atoms with E-state index in [9.17, 15) is 0 Å². The quantitative estimate of drug-likeness (QED) is 0.830. The van der Waals surface area contributed by atoms with Gasteiger partial charge in [-0.2, -0.15) is 0 Å². The van der Waals surface area contributed by atoms with Gasteiger partial charge in [-0.25, -0.2) is 0 Å². The highest BCUT2D eigenvalue weighted by atomic mass is 35.5. The van der Waals surface area contributed by atoms with Crippen LogP contribution in [0.2, 0.25) is 5.02 Å². The zero-order chi connectivity index (χ0) is 13.7. The molecule has 0 heterocycles. The van der Waals surface area contributed by atoms with Crippen LogP contribution in [0.25, 0.3) is 0 Å². The van der Waals surface area contributed by atoms with Crippen molar-refractivity contribution >= 4 is 24.0 Å². The molecule has 0 bridgehead atoms. The lowest BCUT2D eigenvalue weighted by Gasteiger charge is -2.26. The van der Waals surface area contributed by atoms with Crippen molar-refractivity contribution in [1.82, 2.24) is 5.32 Å². The molecule has 0 aliphatic heterocycles. The predicted octanol–water partition coefficient (Wildman–Crippen LogP) is 4.87. The van der Waals surface area contributed by atoms with E-state index in [0.29, 0.717) is 0 Å². The summed E-state index contributed by atoms with van der Waals surface area (Å²) in [6.45, 7) is 5.34. The maximum Gasteiger partial charge on any atom is 0.0406 e. The summed E-state index contributed by atoms with van der Waals surface area (Å²) in [5.41, 5.74) is 2.67. The van der Waals surface area contributed by atoms with Crippen molar-refractivity contribution < 1.29 is 0 Å². The lowest BCUT2D eigenvalue weighted by molar-refractivity contribution is 0.384. The second kappa shape index (κ2) is 7.68. The third-order valence-electron chi connectivity index (χ3n) is 3.17. The molecule has 0 saturated carbocycles. The summed E-state index contributed by atoms with van der Waals surface area (Å²) in [4.78, 5) is 0. The minimum absolute atomic E-state index is 0.